The van der Waals surface area contributed by atoms with Gasteiger partial charge in [-0.2, -0.15) is 21.0 Å². The van der Waals surface area contributed by atoms with E-state index in [1.54, 1.807) is 28.1 Å². The number of likely N-dealkylation sites (tertiary alicyclic amines) is 1. The highest BCUT2D eigenvalue weighted by atomic mass is 79.9. The van der Waals surface area contributed by atoms with Crippen molar-refractivity contribution in [2.75, 3.05) is 18.4 Å². The fourth-order valence-electron chi connectivity index (χ4n) is 3.94. The van der Waals surface area contributed by atoms with Crippen LogP contribution in [0.15, 0.2) is 63.9 Å². The van der Waals surface area contributed by atoms with Gasteiger partial charge in [-0.1, -0.05) is 29.8 Å². The molecule has 3 aromatic heterocycles. The van der Waals surface area contributed by atoms with Crippen LogP contribution in [0.4, 0.5) is 5.82 Å². The highest BCUT2D eigenvalue weighted by Gasteiger charge is 2.23. The lowest BCUT2D eigenvalue weighted by Crippen LogP contribution is -2.42. The second-order valence-electron chi connectivity index (χ2n) is 7.87. The number of nitrogens with zero attached hydrogens (tertiary/aromatic N) is 4. The number of hydrogen-bond donors (Lipinski definition) is 1. The van der Waals surface area contributed by atoms with Crippen molar-refractivity contribution < 1.29 is 4.79 Å². The summed E-state index contributed by atoms with van der Waals surface area (Å²) < 4.78 is 2.61. The van der Waals surface area contributed by atoms with Gasteiger partial charge < -0.3 is 10.2 Å². The number of carbonyl (C=O) groups excluding carboxylic acids is 1. The van der Waals surface area contributed by atoms with Gasteiger partial charge in [0.1, 0.15) is 5.82 Å². The molecule has 1 saturated heterocycles. The second kappa shape index (κ2) is 9.67. The molecule has 1 N–H and O–H groups in total. The minimum absolute atomic E-state index is 0.0583. The van der Waals surface area contributed by atoms with Crippen molar-refractivity contribution >= 4 is 62.3 Å². The fraction of sp³-hybridized carbons (Fsp3) is 0.208. The Bertz CT molecular complexity index is 1310. The first kappa shape index (κ1) is 22.1. The number of rotatable bonds is 5. The third kappa shape index (κ3) is 4.83. The van der Waals surface area contributed by atoms with Crippen molar-refractivity contribution in [2.45, 2.75) is 18.9 Å². The highest BCUT2D eigenvalue weighted by molar-refractivity contribution is 9.10. The maximum Gasteiger partial charge on any atom is 0.246 e. The predicted molar refractivity (Wildman–Crippen MR) is 138 cm³/mol. The van der Waals surface area contributed by atoms with Gasteiger partial charge in [-0.3, -0.25) is 4.79 Å². The van der Waals surface area contributed by atoms with Crippen molar-refractivity contribution in [3.8, 4) is 11.3 Å². The summed E-state index contributed by atoms with van der Waals surface area (Å²) in [6.45, 7) is 1.41. The van der Waals surface area contributed by atoms with Gasteiger partial charge in [-0.15, -0.1) is 0 Å². The quantitative estimate of drug-likeness (QED) is 0.315. The number of thiophene rings is 1. The maximum atomic E-state index is 12.6. The van der Waals surface area contributed by atoms with Crippen LogP contribution in [0.3, 0.4) is 0 Å². The number of carbonyl (C=O) groups is 1. The molecular formula is C24H21BrClN5OS. The number of hydrogen-bond acceptors (Lipinski definition) is 5. The van der Waals surface area contributed by atoms with Crippen molar-refractivity contribution in [3.63, 3.8) is 0 Å². The highest BCUT2D eigenvalue weighted by Crippen LogP contribution is 2.31. The molecule has 0 spiro atoms. The van der Waals surface area contributed by atoms with Crippen molar-refractivity contribution in [2.24, 2.45) is 0 Å². The molecular weight excluding hydrogens is 522 g/mol. The number of amides is 1. The molecule has 0 atom stereocenters. The van der Waals surface area contributed by atoms with Gasteiger partial charge in [0.2, 0.25) is 5.91 Å². The lowest BCUT2D eigenvalue weighted by molar-refractivity contribution is -0.126. The largest absolute Gasteiger partial charge is 0.367 e. The van der Waals surface area contributed by atoms with Crippen LogP contribution in [-0.2, 0) is 4.79 Å². The van der Waals surface area contributed by atoms with Gasteiger partial charge in [-0.25, -0.2) is 4.98 Å². The van der Waals surface area contributed by atoms with E-state index in [4.69, 9.17) is 16.6 Å². The second-order valence-corrected chi connectivity index (χ2v) is 9.91. The van der Waals surface area contributed by atoms with Crippen molar-refractivity contribution in [1.82, 2.24) is 19.5 Å². The van der Waals surface area contributed by atoms with Gasteiger partial charge in [0.15, 0.2) is 5.65 Å². The minimum Gasteiger partial charge on any atom is -0.367 e. The molecule has 0 unspecified atom stereocenters. The number of halogens is 2. The van der Waals surface area contributed by atoms with Crippen LogP contribution in [0.2, 0.25) is 5.02 Å². The monoisotopic (exact) mass is 541 g/mol. The molecule has 0 bridgehead atoms. The van der Waals surface area contributed by atoms with Gasteiger partial charge in [0.05, 0.1) is 16.4 Å². The molecule has 1 fully saturated rings. The zero-order valence-corrected chi connectivity index (χ0v) is 20.8. The summed E-state index contributed by atoms with van der Waals surface area (Å²) in [6.07, 6.45) is 6.99. The molecule has 4 aromatic rings. The average molecular weight is 543 g/mol. The topological polar surface area (TPSA) is 62.5 Å². The standard InChI is InChI=1S/C24H21BrClN5OS/c25-19-14-27-31-22(13-21(29-24(19)31)18-3-1-2-4-20(18)26)28-17-7-10-30(11-8-17)23(32)6-5-16-9-12-33-15-16/h1-6,9,12-15,17,28H,7-8,10-11H2/b6-5+. The normalized spacial score (nSPS) is 14.9. The molecule has 1 amide bonds. The summed E-state index contributed by atoms with van der Waals surface area (Å²) in [5, 5.41) is 12.8. The zero-order valence-electron chi connectivity index (χ0n) is 17.6. The first-order valence-electron chi connectivity index (χ1n) is 10.6. The molecule has 4 heterocycles. The molecule has 0 radical (unpaired) electrons. The average Bonchev–Trinajstić information content (AvgIpc) is 3.48. The van der Waals surface area contributed by atoms with Crippen molar-refractivity contribution in [1.29, 1.82) is 0 Å². The maximum absolute atomic E-state index is 12.6. The van der Waals surface area contributed by atoms with E-state index < -0.39 is 0 Å². The zero-order chi connectivity index (χ0) is 22.8. The fourth-order valence-corrected chi connectivity index (χ4v) is 5.15. The summed E-state index contributed by atoms with van der Waals surface area (Å²) in [5.41, 5.74) is 3.44. The number of benzene rings is 1. The lowest BCUT2D eigenvalue weighted by atomic mass is 10.0. The molecule has 9 heteroatoms. The first-order valence-corrected chi connectivity index (χ1v) is 12.7. The van der Waals surface area contributed by atoms with E-state index in [0.717, 1.165) is 45.6 Å². The smallest absolute Gasteiger partial charge is 0.246 e. The Labute approximate surface area is 209 Å². The van der Waals surface area contributed by atoms with Crippen LogP contribution in [0.25, 0.3) is 23.0 Å². The molecule has 168 valence electrons. The molecule has 0 saturated carbocycles. The molecule has 5 rings (SSSR count). The number of aromatic nitrogens is 3. The number of nitrogens with one attached hydrogen (secondary N) is 1. The summed E-state index contributed by atoms with van der Waals surface area (Å²) in [4.78, 5) is 19.2. The third-order valence-corrected chi connectivity index (χ3v) is 7.29. The van der Waals surface area contributed by atoms with E-state index in [1.807, 2.05) is 58.1 Å². The van der Waals surface area contributed by atoms with Gasteiger partial charge >= 0.3 is 0 Å². The van der Waals surface area contributed by atoms with Crippen LogP contribution in [0.5, 0.6) is 0 Å². The number of anilines is 1. The Morgan fingerprint density at radius 3 is 2.82 bits per heavy atom. The summed E-state index contributed by atoms with van der Waals surface area (Å²) in [7, 11) is 0. The van der Waals surface area contributed by atoms with E-state index in [9.17, 15) is 4.79 Å². The van der Waals surface area contributed by atoms with E-state index in [2.05, 4.69) is 26.3 Å². The van der Waals surface area contributed by atoms with E-state index in [1.165, 1.54) is 0 Å². The molecule has 33 heavy (non-hydrogen) atoms. The molecule has 1 aliphatic heterocycles. The number of piperidine rings is 1. The van der Waals surface area contributed by atoms with Crippen LogP contribution >= 0.6 is 38.9 Å². The van der Waals surface area contributed by atoms with E-state index in [-0.39, 0.29) is 11.9 Å². The SMILES string of the molecule is O=C(/C=C/c1ccsc1)N1CCC(Nc2cc(-c3ccccc3Cl)nc3c(Br)cnn23)CC1. The van der Waals surface area contributed by atoms with Gasteiger partial charge in [0.25, 0.3) is 0 Å². The van der Waals surface area contributed by atoms with Crippen LogP contribution in [0.1, 0.15) is 18.4 Å². The summed E-state index contributed by atoms with van der Waals surface area (Å²) in [6, 6.07) is 11.9. The van der Waals surface area contributed by atoms with E-state index in [0.29, 0.717) is 18.1 Å². The molecule has 1 aliphatic rings. The Kier molecular flexibility index (Phi) is 6.48. The minimum atomic E-state index is 0.0583. The molecule has 6 nitrogen and oxygen atoms in total. The Hall–Kier alpha value is -2.68. The Balaban J connectivity index is 1.32. The predicted octanol–water partition coefficient (Wildman–Crippen LogP) is 5.99. The molecule has 0 aliphatic carbocycles. The lowest BCUT2D eigenvalue weighted by Gasteiger charge is -2.32. The number of fused-ring (bicyclic) bond motifs is 1. The third-order valence-electron chi connectivity index (χ3n) is 5.70. The van der Waals surface area contributed by atoms with Crippen LogP contribution in [-0.4, -0.2) is 44.5 Å². The first-order chi connectivity index (χ1) is 16.1. The van der Waals surface area contributed by atoms with Crippen LogP contribution in [0, 0.1) is 0 Å². The Morgan fingerprint density at radius 2 is 2.06 bits per heavy atom. The van der Waals surface area contributed by atoms with Gasteiger partial charge in [0, 0.05) is 41.9 Å². The Morgan fingerprint density at radius 1 is 1.24 bits per heavy atom. The van der Waals surface area contributed by atoms with Crippen LogP contribution < -0.4 is 5.32 Å². The van der Waals surface area contributed by atoms with Gasteiger partial charge in [-0.05, 0) is 63.3 Å². The summed E-state index contributed by atoms with van der Waals surface area (Å²) in [5.74, 6) is 0.908. The molecule has 1 aromatic carbocycles. The summed E-state index contributed by atoms with van der Waals surface area (Å²) >= 11 is 11.6. The van der Waals surface area contributed by atoms with Crippen molar-refractivity contribution in [3.05, 3.63) is 74.5 Å². The van der Waals surface area contributed by atoms with E-state index >= 15 is 0 Å².